The molecule has 2 nitrogen and oxygen atoms in total. The lowest BCUT2D eigenvalue weighted by molar-refractivity contribution is 0.487. The van der Waals surface area contributed by atoms with Gasteiger partial charge in [0.1, 0.15) is 17.3 Å². The molecule has 65 heavy (non-hydrogen) atoms. The lowest BCUT2D eigenvalue weighted by Gasteiger charge is -2.33. The molecule has 4 heteroatoms. The Bertz CT molecular complexity index is 3230. The Kier molecular flexibility index (Phi) is 10.6. The van der Waals surface area contributed by atoms with Gasteiger partial charge in [-0.1, -0.05) is 177 Å². The van der Waals surface area contributed by atoms with Crippen molar-refractivity contribution >= 4 is 50.9 Å². The molecule has 0 fully saturated rings. The van der Waals surface area contributed by atoms with E-state index in [1.54, 1.807) is 6.07 Å². The Balaban J connectivity index is 1.18. The number of anilines is 3. The predicted molar refractivity (Wildman–Crippen MR) is 275 cm³/mol. The van der Waals surface area contributed by atoms with Gasteiger partial charge < -0.3 is 9.64 Å². The number of hydrogen-bond donors (Lipinski definition) is 0. The normalized spacial score (nSPS) is 11.7. The van der Waals surface area contributed by atoms with Gasteiger partial charge in [0.2, 0.25) is 6.71 Å². The van der Waals surface area contributed by atoms with E-state index in [2.05, 4.69) is 170 Å². The largest absolute Gasteiger partial charge is 0.456 e. The summed E-state index contributed by atoms with van der Waals surface area (Å²) in [4.78, 5) is 2.11. The third-order valence-corrected chi connectivity index (χ3v) is 13.5. The van der Waals surface area contributed by atoms with Gasteiger partial charge in [0.25, 0.3) is 0 Å². The van der Waals surface area contributed by atoms with Crippen LogP contribution in [0.4, 0.5) is 21.5 Å². The highest BCUT2D eigenvalue weighted by Gasteiger charge is 2.33. The summed E-state index contributed by atoms with van der Waals surface area (Å²) in [5.41, 5.74) is 22.9. The Hall–Kier alpha value is -7.17. The molecule has 1 aliphatic rings. The standard InChI is InChI=1S/C61H53BFNO/c1-36-27-39(4)58(40(5)28-36)62(59-41(6)29-37(2)30-42(59)7)53-26-25-50-49-24-23-48(35-56(49)65-55-22-16-21-51(53)57(50)55)64(60-43(8)31-38(3)32-44(60)9)61-52(46-19-14-11-15-20-46)33-47(34-54(61)63)45-17-12-10-13-18-45/h10-35H,1-9H3. The quantitative estimate of drug-likeness (QED) is 0.141. The average molecular weight is 846 g/mol. The lowest BCUT2D eigenvalue weighted by atomic mass is 9.33. The lowest BCUT2D eigenvalue weighted by Crippen LogP contribution is -2.56. The maximum atomic E-state index is 17.5. The maximum absolute atomic E-state index is 17.5. The second-order valence-corrected chi connectivity index (χ2v) is 18.4. The average Bonchev–Trinajstić information content (AvgIpc) is 3.27. The van der Waals surface area contributed by atoms with Crippen molar-refractivity contribution in [2.75, 3.05) is 4.90 Å². The first-order valence-electron chi connectivity index (χ1n) is 22.7. The summed E-state index contributed by atoms with van der Waals surface area (Å²) in [6.45, 7) is 19.8. The van der Waals surface area contributed by atoms with Gasteiger partial charge in [0.05, 0.1) is 17.1 Å². The number of benzene rings is 9. The van der Waals surface area contributed by atoms with Crippen LogP contribution in [-0.2, 0) is 0 Å². The van der Waals surface area contributed by atoms with Crippen LogP contribution in [0.25, 0.3) is 44.2 Å². The van der Waals surface area contributed by atoms with Crippen molar-refractivity contribution in [3.63, 3.8) is 0 Å². The third kappa shape index (κ3) is 7.32. The van der Waals surface area contributed by atoms with Crippen LogP contribution in [0, 0.1) is 68.1 Å². The Morgan fingerprint density at radius 1 is 0.415 bits per heavy atom. The van der Waals surface area contributed by atoms with E-state index in [9.17, 15) is 0 Å². The molecule has 0 radical (unpaired) electrons. The van der Waals surface area contributed by atoms with Crippen molar-refractivity contribution in [2.24, 2.45) is 0 Å². The van der Waals surface area contributed by atoms with Crippen LogP contribution in [-0.4, -0.2) is 6.71 Å². The van der Waals surface area contributed by atoms with Crippen LogP contribution >= 0.6 is 0 Å². The number of aryl methyl sites for hydroxylation is 9. The van der Waals surface area contributed by atoms with Crippen LogP contribution < -0.4 is 26.0 Å². The summed E-state index contributed by atoms with van der Waals surface area (Å²) in [7, 11) is 0. The summed E-state index contributed by atoms with van der Waals surface area (Å²) >= 11 is 0. The minimum absolute atomic E-state index is 0.0146. The highest BCUT2D eigenvalue weighted by molar-refractivity contribution is 6.98. The van der Waals surface area contributed by atoms with Crippen molar-refractivity contribution in [2.45, 2.75) is 62.3 Å². The molecule has 0 saturated carbocycles. The van der Waals surface area contributed by atoms with Crippen LogP contribution in [0.15, 0.2) is 158 Å². The molecule has 0 aliphatic carbocycles. The second kappa shape index (κ2) is 16.4. The smallest absolute Gasteiger partial charge is 0.243 e. The highest BCUT2D eigenvalue weighted by atomic mass is 19.1. The monoisotopic (exact) mass is 845 g/mol. The van der Waals surface area contributed by atoms with Crippen LogP contribution in [0.3, 0.4) is 0 Å². The molecule has 0 amide bonds. The third-order valence-electron chi connectivity index (χ3n) is 13.5. The van der Waals surface area contributed by atoms with Gasteiger partial charge in [0.15, 0.2) is 0 Å². The van der Waals surface area contributed by atoms with Gasteiger partial charge in [-0.15, -0.1) is 0 Å². The van der Waals surface area contributed by atoms with E-state index in [1.165, 1.54) is 55.2 Å². The molecule has 0 saturated heterocycles. The molecule has 0 spiro atoms. The molecule has 0 unspecified atom stereocenters. The number of rotatable bonds is 8. The van der Waals surface area contributed by atoms with Gasteiger partial charge in [-0.2, -0.15) is 0 Å². The topological polar surface area (TPSA) is 12.5 Å². The van der Waals surface area contributed by atoms with E-state index in [1.807, 2.05) is 48.5 Å². The molecule has 10 rings (SSSR count). The summed E-state index contributed by atoms with van der Waals surface area (Å²) in [5, 5.41) is 2.29. The highest BCUT2D eigenvalue weighted by Crippen LogP contribution is 2.51. The molecule has 0 N–H and O–H groups in total. The molecular formula is C61H53BFNO. The maximum Gasteiger partial charge on any atom is 0.243 e. The molecule has 1 aliphatic heterocycles. The van der Waals surface area contributed by atoms with Crippen molar-refractivity contribution in [3.8, 4) is 44.9 Å². The molecule has 9 aromatic carbocycles. The van der Waals surface area contributed by atoms with Gasteiger partial charge >= 0.3 is 0 Å². The van der Waals surface area contributed by atoms with Gasteiger partial charge in [-0.05, 0) is 131 Å². The minimum Gasteiger partial charge on any atom is -0.456 e. The van der Waals surface area contributed by atoms with Crippen LogP contribution in [0.2, 0.25) is 0 Å². The Morgan fingerprint density at radius 2 is 0.954 bits per heavy atom. The summed E-state index contributed by atoms with van der Waals surface area (Å²) in [6, 6.07) is 55.2. The first kappa shape index (κ1) is 41.8. The molecule has 9 aromatic rings. The van der Waals surface area contributed by atoms with Crippen LogP contribution in [0.5, 0.6) is 11.5 Å². The minimum atomic E-state index is -0.307. The first-order valence-corrected chi connectivity index (χ1v) is 22.7. The molecule has 1 heterocycles. The molecule has 0 aromatic heterocycles. The summed E-state index contributed by atoms with van der Waals surface area (Å²) in [6.07, 6.45) is 0. The predicted octanol–water partition coefficient (Wildman–Crippen LogP) is 14.8. The molecule has 318 valence electrons. The molecule has 0 bridgehead atoms. The van der Waals surface area contributed by atoms with Gasteiger partial charge in [0, 0.05) is 22.6 Å². The van der Waals surface area contributed by atoms with Gasteiger partial charge in [-0.3, -0.25) is 0 Å². The van der Waals surface area contributed by atoms with E-state index >= 15 is 4.39 Å². The number of halogens is 1. The fourth-order valence-electron chi connectivity index (χ4n) is 11.1. The zero-order chi connectivity index (χ0) is 45.3. The SMILES string of the molecule is Cc1cc(C)c(B(c2c(C)cc(C)cc2C)c2ccc3c4c(cccc24)Oc2cc(N(c4c(C)cc(C)cc4C)c4c(F)cc(-c5ccccc5)cc4-c4ccccc4)ccc2-3)c(C)c1. The number of ether oxygens (including phenoxy) is 1. The van der Waals surface area contributed by atoms with Crippen molar-refractivity contribution in [1.29, 1.82) is 0 Å². The molecular weight excluding hydrogens is 792 g/mol. The Labute approximate surface area is 384 Å². The van der Waals surface area contributed by atoms with E-state index in [-0.39, 0.29) is 12.5 Å². The number of nitrogens with zero attached hydrogens (tertiary/aromatic N) is 1. The summed E-state index contributed by atoms with van der Waals surface area (Å²) < 4.78 is 24.6. The second-order valence-electron chi connectivity index (χ2n) is 18.4. The van der Waals surface area contributed by atoms with Crippen molar-refractivity contribution in [3.05, 3.63) is 214 Å². The van der Waals surface area contributed by atoms with Crippen LogP contribution in [0.1, 0.15) is 50.1 Å². The Morgan fingerprint density at radius 3 is 1.54 bits per heavy atom. The number of hydrogen-bond acceptors (Lipinski definition) is 2. The van der Waals surface area contributed by atoms with E-state index in [0.717, 1.165) is 78.3 Å². The number of fused-ring (bicyclic) bond motifs is 2. The zero-order valence-corrected chi connectivity index (χ0v) is 38.8. The van der Waals surface area contributed by atoms with E-state index in [4.69, 9.17) is 4.74 Å². The zero-order valence-electron chi connectivity index (χ0n) is 38.8. The fraction of sp³-hybridized carbons (Fsp3) is 0.148. The van der Waals surface area contributed by atoms with Crippen molar-refractivity contribution in [1.82, 2.24) is 0 Å². The molecule has 0 atom stereocenters. The van der Waals surface area contributed by atoms with Gasteiger partial charge in [-0.25, -0.2) is 4.39 Å². The first-order chi connectivity index (χ1) is 31.4. The fourth-order valence-corrected chi connectivity index (χ4v) is 11.1. The van der Waals surface area contributed by atoms with E-state index < -0.39 is 0 Å². The summed E-state index contributed by atoms with van der Waals surface area (Å²) in [5.74, 6) is 1.24. The van der Waals surface area contributed by atoms with E-state index in [0.29, 0.717) is 5.69 Å². The van der Waals surface area contributed by atoms with Crippen molar-refractivity contribution < 1.29 is 9.13 Å².